The van der Waals surface area contributed by atoms with Crippen LogP contribution in [0.4, 0.5) is 10.1 Å². The van der Waals surface area contributed by atoms with E-state index >= 15 is 0 Å². The lowest BCUT2D eigenvalue weighted by atomic mass is 10.1. The number of halogens is 1. The maximum atomic E-state index is 13.6. The number of nitrogens with zero attached hydrogens (tertiary/aromatic N) is 7. The zero-order valence-electron chi connectivity index (χ0n) is 19.0. The summed E-state index contributed by atoms with van der Waals surface area (Å²) in [6, 6.07) is 1.30. The van der Waals surface area contributed by atoms with Gasteiger partial charge in [-0.2, -0.15) is 13.9 Å². The van der Waals surface area contributed by atoms with Crippen LogP contribution < -0.4 is 10.5 Å². The number of pyridine rings is 1. The number of rotatable bonds is 3. The second-order valence-corrected chi connectivity index (χ2v) is 8.83. The summed E-state index contributed by atoms with van der Waals surface area (Å²) in [5, 5.41) is 14.5. The molecule has 1 saturated heterocycles. The lowest BCUT2D eigenvalue weighted by Crippen LogP contribution is -2.50. The Bertz CT molecular complexity index is 1420. The molecule has 0 bridgehead atoms. The number of carbonyl (C=O) groups excluding carboxylic acids is 1. The first-order valence-corrected chi connectivity index (χ1v) is 11.7. The van der Waals surface area contributed by atoms with Crippen molar-refractivity contribution in [3.63, 3.8) is 0 Å². The van der Waals surface area contributed by atoms with Crippen molar-refractivity contribution >= 4 is 22.9 Å². The molecule has 12 heteroatoms. The number of hydrogen-bond acceptors (Lipinski definition) is 8. The van der Waals surface area contributed by atoms with Gasteiger partial charge in [-0.25, -0.2) is 4.98 Å². The molecular formula is C23H24FN7O4. The molecule has 3 aliphatic heterocycles. The first-order valence-electron chi connectivity index (χ1n) is 11.7. The van der Waals surface area contributed by atoms with E-state index in [1.54, 1.807) is 4.90 Å². The molecule has 1 amide bonds. The van der Waals surface area contributed by atoms with Crippen molar-refractivity contribution in [2.45, 2.75) is 25.8 Å². The predicted molar refractivity (Wildman–Crippen MR) is 123 cm³/mol. The Hall–Kier alpha value is -3.80. The quantitative estimate of drug-likeness (QED) is 0.547. The maximum absolute atomic E-state index is 13.6. The van der Waals surface area contributed by atoms with Crippen molar-refractivity contribution in [3.8, 4) is 5.75 Å². The van der Waals surface area contributed by atoms with E-state index in [4.69, 9.17) is 9.72 Å². The molecule has 0 atom stereocenters. The van der Waals surface area contributed by atoms with Crippen LogP contribution in [0, 0.1) is 5.95 Å². The van der Waals surface area contributed by atoms with Gasteiger partial charge in [-0.15, -0.1) is 5.10 Å². The highest BCUT2D eigenvalue weighted by molar-refractivity contribution is 5.96. The smallest absolute Gasteiger partial charge is 0.299 e. The average Bonchev–Trinajstić information content (AvgIpc) is 3.54. The predicted octanol–water partition coefficient (Wildman–Crippen LogP) is 0.843. The van der Waals surface area contributed by atoms with Crippen molar-refractivity contribution < 1.29 is 19.0 Å². The first kappa shape index (κ1) is 21.7. The number of aromatic hydroxyl groups is 1. The fraction of sp³-hybridized carbons (Fsp3) is 0.435. The number of aromatic nitrogens is 5. The largest absolute Gasteiger partial charge is 0.503 e. The second-order valence-electron chi connectivity index (χ2n) is 8.83. The Kier molecular flexibility index (Phi) is 5.24. The Balaban J connectivity index is 1.30. The molecule has 11 nitrogen and oxygen atoms in total. The molecule has 0 aromatic carbocycles. The molecule has 6 rings (SSSR count). The van der Waals surface area contributed by atoms with Crippen molar-refractivity contribution in [2.24, 2.45) is 0 Å². The number of fused-ring (bicyclic) bond motifs is 3. The molecule has 0 unspecified atom stereocenters. The van der Waals surface area contributed by atoms with Crippen LogP contribution in [0.2, 0.25) is 0 Å². The lowest BCUT2D eigenvalue weighted by molar-refractivity contribution is 0.0742. The zero-order chi connectivity index (χ0) is 24.1. The van der Waals surface area contributed by atoms with Gasteiger partial charge in [-0.3, -0.25) is 9.59 Å². The summed E-state index contributed by atoms with van der Waals surface area (Å²) >= 11 is 0. The van der Waals surface area contributed by atoms with E-state index in [-0.39, 0.29) is 11.1 Å². The highest BCUT2D eigenvalue weighted by atomic mass is 19.1. The Morgan fingerprint density at radius 3 is 2.74 bits per heavy atom. The molecule has 3 aromatic heterocycles. The Morgan fingerprint density at radius 2 is 1.97 bits per heavy atom. The molecule has 3 aromatic rings. The first-order chi connectivity index (χ1) is 17.0. The van der Waals surface area contributed by atoms with Crippen molar-refractivity contribution in [2.75, 3.05) is 44.3 Å². The van der Waals surface area contributed by atoms with Gasteiger partial charge in [0.15, 0.2) is 11.6 Å². The van der Waals surface area contributed by atoms with E-state index in [1.807, 2.05) is 11.0 Å². The summed E-state index contributed by atoms with van der Waals surface area (Å²) in [5.74, 6) is -1.17. The number of piperazine rings is 1. The molecule has 0 saturated carbocycles. The van der Waals surface area contributed by atoms with Crippen LogP contribution in [0.3, 0.4) is 0 Å². The summed E-state index contributed by atoms with van der Waals surface area (Å²) in [6.07, 6.45) is 5.50. The highest BCUT2D eigenvalue weighted by Gasteiger charge is 2.31. The molecule has 3 aliphatic rings. The van der Waals surface area contributed by atoms with Gasteiger partial charge in [-0.1, -0.05) is 6.08 Å². The Labute approximate surface area is 199 Å². The van der Waals surface area contributed by atoms with Crippen molar-refractivity contribution in [1.29, 1.82) is 0 Å². The van der Waals surface area contributed by atoms with Crippen LogP contribution in [0.25, 0.3) is 11.4 Å². The van der Waals surface area contributed by atoms with Gasteiger partial charge in [0.2, 0.25) is 5.78 Å². The molecule has 35 heavy (non-hydrogen) atoms. The van der Waals surface area contributed by atoms with Crippen molar-refractivity contribution in [3.05, 3.63) is 51.7 Å². The normalized spacial score (nSPS) is 18.1. The zero-order valence-corrected chi connectivity index (χ0v) is 19.0. The van der Waals surface area contributed by atoms with Gasteiger partial charge in [0.25, 0.3) is 17.4 Å². The minimum atomic E-state index is -1.07. The monoisotopic (exact) mass is 481 g/mol. The number of amides is 1. The summed E-state index contributed by atoms with van der Waals surface area (Å²) in [6.45, 7) is 3.39. The van der Waals surface area contributed by atoms with Crippen LogP contribution in [-0.2, 0) is 17.7 Å². The summed E-state index contributed by atoms with van der Waals surface area (Å²) in [7, 11) is 0. The molecular weight excluding hydrogens is 457 g/mol. The molecule has 1 fully saturated rings. The molecule has 0 spiro atoms. The highest BCUT2D eigenvalue weighted by Crippen LogP contribution is 2.28. The number of carbonyl (C=O) groups is 1. The van der Waals surface area contributed by atoms with E-state index in [0.717, 1.165) is 36.9 Å². The van der Waals surface area contributed by atoms with Gasteiger partial charge < -0.3 is 24.2 Å². The number of hydrogen-bond donors (Lipinski definition) is 1. The third kappa shape index (κ3) is 3.55. The third-order valence-electron chi connectivity index (χ3n) is 6.86. The maximum Gasteiger partial charge on any atom is 0.299 e. The minimum absolute atomic E-state index is 0.120. The summed E-state index contributed by atoms with van der Waals surface area (Å²) in [5.41, 5.74) is 2.18. The van der Waals surface area contributed by atoms with E-state index in [9.17, 15) is 19.1 Å². The molecule has 182 valence electrons. The van der Waals surface area contributed by atoms with E-state index in [2.05, 4.69) is 14.6 Å². The third-order valence-corrected chi connectivity index (χ3v) is 6.86. The standard InChI is InChI=1S/C23H24FN7O4/c24-19-18(32)15(3-6-25-19)21(33)29-10-8-28(9-11-29)17-16-2-1-7-30(16)23-26-20(27-31(23)22(17)34)14-4-12-35-13-5-14/h3-4,6,32H,1-2,5,7-13H2. The minimum Gasteiger partial charge on any atom is -0.503 e. The molecule has 0 aliphatic carbocycles. The fourth-order valence-corrected chi connectivity index (χ4v) is 5.07. The lowest BCUT2D eigenvalue weighted by Gasteiger charge is -2.36. The van der Waals surface area contributed by atoms with Gasteiger partial charge in [0.05, 0.1) is 24.5 Å². The van der Waals surface area contributed by atoms with E-state index in [0.29, 0.717) is 63.1 Å². The van der Waals surface area contributed by atoms with E-state index < -0.39 is 17.6 Å². The molecule has 6 heterocycles. The van der Waals surface area contributed by atoms with Crippen LogP contribution in [0.1, 0.15) is 34.7 Å². The topological polar surface area (TPSA) is 118 Å². The van der Waals surface area contributed by atoms with Crippen LogP contribution >= 0.6 is 0 Å². The Morgan fingerprint density at radius 1 is 1.14 bits per heavy atom. The number of aryl methyl sites for hydroxylation is 1. The van der Waals surface area contributed by atoms with E-state index in [1.165, 1.54) is 10.6 Å². The fourth-order valence-electron chi connectivity index (χ4n) is 5.07. The number of ether oxygens (including phenoxy) is 1. The molecule has 0 radical (unpaired) electrons. The van der Waals surface area contributed by atoms with Gasteiger partial charge in [-0.05, 0) is 30.9 Å². The summed E-state index contributed by atoms with van der Waals surface area (Å²) < 4.78 is 22.5. The van der Waals surface area contributed by atoms with Crippen LogP contribution in [0.5, 0.6) is 5.75 Å². The summed E-state index contributed by atoms with van der Waals surface area (Å²) in [4.78, 5) is 38.1. The SMILES string of the molecule is O=C(c1ccnc(F)c1O)N1CCN(c2c3n(c4nc(C5=CCOCC5)nn4c2=O)CCC3)CC1. The molecule has 1 N–H and O–H groups in total. The van der Waals surface area contributed by atoms with Gasteiger partial charge >= 0.3 is 0 Å². The van der Waals surface area contributed by atoms with Gasteiger partial charge in [0, 0.05) is 38.9 Å². The second kappa shape index (κ2) is 8.45. The average molecular weight is 481 g/mol. The van der Waals surface area contributed by atoms with Crippen LogP contribution in [-0.4, -0.2) is 79.5 Å². The van der Waals surface area contributed by atoms with Gasteiger partial charge in [0.1, 0.15) is 5.69 Å². The van der Waals surface area contributed by atoms with Crippen molar-refractivity contribution in [1.82, 2.24) is 29.0 Å². The van der Waals surface area contributed by atoms with Crippen LogP contribution in [0.15, 0.2) is 23.1 Å². The number of anilines is 1.